The Labute approximate surface area is 181 Å². The molecule has 1 aromatic heterocycles. The van der Waals surface area contributed by atoms with Crippen LogP contribution in [0.15, 0.2) is 60.6 Å². The van der Waals surface area contributed by atoms with Crippen LogP contribution >= 0.6 is 35.0 Å². The van der Waals surface area contributed by atoms with Gasteiger partial charge in [-0.2, -0.15) is 0 Å². The Hall–Kier alpha value is -2.22. The Kier molecular flexibility index (Phi) is 5.85. The van der Waals surface area contributed by atoms with E-state index >= 15 is 0 Å². The summed E-state index contributed by atoms with van der Waals surface area (Å²) >= 11 is 14.2. The molecule has 0 aliphatic carbocycles. The number of nitrogens with zero attached hydrogens (tertiary/aromatic N) is 2. The maximum atomic E-state index is 12.3. The fraction of sp³-hybridized carbons (Fsp3) is 0.250. The summed E-state index contributed by atoms with van der Waals surface area (Å²) in [5.41, 5.74) is -1.00. The van der Waals surface area contributed by atoms with Crippen LogP contribution in [0.5, 0.6) is 0 Å². The van der Waals surface area contributed by atoms with Crippen molar-refractivity contribution in [2.24, 2.45) is 7.05 Å². The van der Waals surface area contributed by atoms with Gasteiger partial charge in [-0.25, -0.2) is 23.5 Å². The van der Waals surface area contributed by atoms with Gasteiger partial charge < -0.3 is 0 Å². The van der Waals surface area contributed by atoms with Crippen molar-refractivity contribution in [1.29, 1.82) is 0 Å². The quantitative estimate of drug-likeness (QED) is 0.652. The third-order valence-electron chi connectivity index (χ3n) is 4.38. The third kappa shape index (κ3) is 4.37. The zero-order valence-corrected chi connectivity index (χ0v) is 18.6. The number of hydrogen-bond acceptors (Lipinski definition) is 4. The molecule has 9 heteroatoms. The van der Waals surface area contributed by atoms with Crippen molar-refractivity contribution in [2.75, 3.05) is 0 Å². The minimum absolute atomic E-state index is 0.0518. The summed E-state index contributed by atoms with van der Waals surface area (Å²) in [6.07, 6.45) is 0. The zero-order valence-electron chi connectivity index (χ0n) is 16.2. The van der Waals surface area contributed by atoms with E-state index in [0.29, 0.717) is 4.90 Å². The first-order valence-electron chi connectivity index (χ1n) is 8.69. The summed E-state index contributed by atoms with van der Waals surface area (Å²) in [5.74, 6) is 0. The predicted octanol–water partition coefficient (Wildman–Crippen LogP) is 3.98. The maximum Gasteiger partial charge on any atom is 0.340 e. The molecule has 1 N–H and O–H groups in total. The van der Waals surface area contributed by atoms with E-state index in [1.165, 1.54) is 36.5 Å². The largest absolute Gasteiger partial charge is 0.340 e. The van der Waals surface area contributed by atoms with Crippen molar-refractivity contribution >= 4 is 35.0 Å². The molecule has 3 rings (SSSR count). The van der Waals surface area contributed by atoms with Gasteiger partial charge in [0, 0.05) is 16.8 Å². The second-order valence-corrected chi connectivity index (χ2v) is 9.43. The van der Waals surface area contributed by atoms with E-state index in [4.69, 9.17) is 23.2 Å². The first kappa shape index (κ1) is 21.5. The molecule has 0 radical (unpaired) electrons. The van der Waals surface area contributed by atoms with E-state index in [2.05, 4.69) is 37.9 Å². The number of nitrogens with one attached hydrogen (secondary N) is 1. The van der Waals surface area contributed by atoms with Crippen LogP contribution in [0.4, 0.5) is 0 Å². The highest BCUT2D eigenvalue weighted by Gasteiger charge is 2.16. The maximum absolute atomic E-state index is 12.3. The molecule has 0 aliphatic heterocycles. The van der Waals surface area contributed by atoms with Crippen LogP contribution in [0.1, 0.15) is 26.3 Å². The Morgan fingerprint density at radius 1 is 0.931 bits per heavy atom. The van der Waals surface area contributed by atoms with Crippen LogP contribution in [-0.2, 0) is 12.5 Å². The van der Waals surface area contributed by atoms with E-state index in [-0.39, 0.29) is 21.1 Å². The van der Waals surface area contributed by atoms with Gasteiger partial charge in [-0.15, -0.1) is 0 Å². The molecule has 0 fully saturated rings. The molecule has 1 heterocycles. The Bertz CT molecular complexity index is 1230. The average molecular weight is 452 g/mol. The van der Waals surface area contributed by atoms with Gasteiger partial charge in [0.25, 0.3) is 0 Å². The van der Waals surface area contributed by atoms with Gasteiger partial charge in [0.05, 0.1) is 15.7 Å². The van der Waals surface area contributed by atoms with Crippen molar-refractivity contribution in [3.05, 3.63) is 83.5 Å². The molecule has 152 valence electrons. The third-order valence-corrected chi connectivity index (χ3v) is 6.35. The molecule has 0 saturated carbocycles. The fourth-order valence-corrected chi connectivity index (χ4v) is 4.22. The SMILES string of the molecule is Cn1c(=O)[nH]c(=O)n(-c2cc(Cl)c(Sc3ccc(C(C)(C)C)cc3)c(Cl)c2)c1=O. The lowest BCUT2D eigenvalue weighted by atomic mass is 9.87. The fourth-order valence-electron chi connectivity index (χ4n) is 2.70. The lowest BCUT2D eigenvalue weighted by molar-refractivity contribution is 0.590. The topological polar surface area (TPSA) is 76.9 Å². The lowest BCUT2D eigenvalue weighted by Gasteiger charge is -2.19. The highest BCUT2D eigenvalue weighted by molar-refractivity contribution is 7.99. The molecule has 6 nitrogen and oxygen atoms in total. The molecule has 0 unspecified atom stereocenters. The minimum atomic E-state index is -0.858. The second kappa shape index (κ2) is 7.89. The van der Waals surface area contributed by atoms with E-state index in [0.717, 1.165) is 14.0 Å². The van der Waals surface area contributed by atoms with Crippen molar-refractivity contribution in [3.8, 4) is 5.69 Å². The molecular weight excluding hydrogens is 433 g/mol. The summed E-state index contributed by atoms with van der Waals surface area (Å²) < 4.78 is 1.61. The van der Waals surface area contributed by atoms with Gasteiger partial charge in [-0.1, -0.05) is 67.9 Å². The van der Waals surface area contributed by atoms with E-state index < -0.39 is 17.1 Å². The van der Waals surface area contributed by atoms with Crippen molar-refractivity contribution < 1.29 is 0 Å². The first-order valence-corrected chi connectivity index (χ1v) is 10.3. The average Bonchev–Trinajstić information content (AvgIpc) is 2.62. The Morgan fingerprint density at radius 3 is 2.00 bits per heavy atom. The number of hydrogen-bond donors (Lipinski definition) is 1. The van der Waals surface area contributed by atoms with Crippen LogP contribution in [0.25, 0.3) is 5.69 Å². The zero-order chi connectivity index (χ0) is 21.5. The Balaban J connectivity index is 2.02. The summed E-state index contributed by atoms with van der Waals surface area (Å²) in [5, 5.41) is 0.579. The smallest absolute Gasteiger partial charge is 0.258 e. The summed E-state index contributed by atoms with van der Waals surface area (Å²) in [6, 6.07) is 11.0. The standard InChI is InChI=1S/C20H19Cl2N3O3S/c1-20(2,3)11-5-7-13(8-6-11)29-16-14(21)9-12(10-15(16)22)25-18(27)23-17(26)24(4)19(25)28/h5-10H,1-4H3,(H,23,26,27). The Morgan fingerprint density at radius 2 is 1.48 bits per heavy atom. The van der Waals surface area contributed by atoms with Crippen molar-refractivity contribution in [2.45, 2.75) is 36.0 Å². The van der Waals surface area contributed by atoms with Gasteiger partial charge in [-0.3, -0.25) is 4.98 Å². The molecule has 2 aromatic carbocycles. The van der Waals surface area contributed by atoms with Gasteiger partial charge in [-0.05, 0) is 35.2 Å². The lowest BCUT2D eigenvalue weighted by Crippen LogP contribution is -2.47. The number of benzene rings is 2. The molecule has 0 atom stereocenters. The number of rotatable bonds is 3. The molecular formula is C20H19Cl2N3O3S. The molecule has 0 aliphatic rings. The minimum Gasteiger partial charge on any atom is -0.258 e. The van der Waals surface area contributed by atoms with Crippen LogP contribution in [0.3, 0.4) is 0 Å². The first-order chi connectivity index (χ1) is 13.5. The molecule has 0 saturated heterocycles. The van der Waals surface area contributed by atoms with Crippen molar-refractivity contribution in [1.82, 2.24) is 14.1 Å². The molecule has 0 amide bonds. The highest BCUT2D eigenvalue weighted by atomic mass is 35.5. The van der Waals surface area contributed by atoms with Crippen LogP contribution < -0.4 is 17.1 Å². The normalized spacial score (nSPS) is 11.7. The van der Waals surface area contributed by atoms with E-state index in [9.17, 15) is 14.4 Å². The van der Waals surface area contributed by atoms with Gasteiger partial charge in [0.15, 0.2) is 0 Å². The van der Waals surface area contributed by atoms with Gasteiger partial charge >= 0.3 is 17.1 Å². The molecule has 0 bridgehead atoms. The van der Waals surface area contributed by atoms with E-state index in [1.54, 1.807) is 0 Å². The van der Waals surface area contributed by atoms with Crippen LogP contribution in [0.2, 0.25) is 10.0 Å². The van der Waals surface area contributed by atoms with E-state index in [1.807, 2.05) is 12.1 Å². The highest BCUT2D eigenvalue weighted by Crippen LogP contribution is 2.40. The summed E-state index contributed by atoms with van der Waals surface area (Å²) in [6.45, 7) is 6.43. The molecule has 3 aromatic rings. The number of aromatic amines is 1. The van der Waals surface area contributed by atoms with Gasteiger partial charge in [0.2, 0.25) is 0 Å². The monoisotopic (exact) mass is 451 g/mol. The van der Waals surface area contributed by atoms with Crippen LogP contribution in [0, 0.1) is 0 Å². The number of aromatic nitrogens is 3. The predicted molar refractivity (Wildman–Crippen MR) is 117 cm³/mol. The summed E-state index contributed by atoms with van der Waals surface area (Å²) in [7, 11) is 1.27. The number of halogens is 2. The molecule has 29 heavy (non-hydrogen) atoms. The van der Waals surface area contributed by atoms with Gasteiger partial charge in [0.1, 0.15) is 0 Å². The van der Waals surface area contributed by atoms with Crippen molar-refractivity contribution in [3.63, 3.8) is 0 Å². The number of H-pyrrole nitrogens is 1. The molecule has 0 spiro atoms. The van der Waals surface area contributed by atoms with Crippen LogP contribution in [-0.4, -0.2) is 14.1 Å². The summed E-state index contributed by atoms with van der Waals surface area (Å²) in [4.78, 5) is 39.7. The second-order valence-electron chi connectivity index (χ2n) is 7.53.